The van der Waals surface area contributed by atoms with Crippen molar-refractivity contribution in [3.63, 3.8) is 0 Å². The lowest BCUT2D eigenvalue weighted by Gasteiger charge is -2.34. The van der Waals surface area contributed by atoms with Crippen LogP contribution >= 0.6 is 0 Å². The first-order valence-corrected chi connectivity index (χ1v) is 6.64. The molecule has 16 heavy (non-hydrogen) atoms. The van der Waals surface area contributed by atoms with Crippen molar-refractivity contribution in [2.45, 2.75) is 52.5 Å². The van der Waals surface area contributed by atoms with Crippen LogP contribution in [0.4, 0.5) is 0 Å². The summed E-state index contributed by atoms with van der Waals surface area (Å²) in [5.41, 5.74) is 0. The van der Waals surface area contributed by atoms with E-state index in [0.717, 1.165) is 18.9 Å². The zero-order valence-electron chi connectivity index (χ0n) is 11.0. The summed E-state index contributed by atoms with van der Waals surface area (Å²) in [5, 5.41) is 2.96. The molecule has 1 saturated heterocycles. The van der Waals surface area contributed by atoms with E-state index in [9.17, 15) is 4.79 Å². The van der Waals surface area contributed by atoms with Gasteiger partial charge in [0.15, 0.2) is 0 Å². The summed E-state index contributed by atoms with van der Waals surface area (Å²) in [6, 6.07) is 0.681. The normalized spacial score (nSPS) is 19.0. The Bertz CT molecular complexity index is 208. The second-order valence-corrected chi connectivity index (χ2v) is 5.07. The summed E-state index contributed by atoms with van der Waals surface area (Å²) in [7, 11) is 0. The first-order chi connectivity index (χ1) is 7.63. The summed E-state index contributed by atoms with van der Waals surface area (Å²) in [6.07, 6.45) is 4.34. The minimum Gasteiger partial charge on any atom is -0.356 e. The number of hydrogen-bond acceptors (Lipinski definition) is 2. The fourth-order valence-electron chi connectivity index (χ4n) is 2.30. The molecule has 1 N–H and O–H groups in total. The highest BCUT2D eigenvalue weighted by atomic mass is 16.1. The van der Waals surface area contributed by atoms with Gasteiger partial charge in [-0.05, 0) is 52.1 Å². The summed E-state index contributed by atoms with van der Waals surface area (Å²) in [5.74, 6) is 0.992. The highest BCUT2D eigenvalue weighted by Gasteiger charge is 2.20. The minimum atomic E-state index is 0.180. The molecule has 0 aromatic rings. The number of carbonyl (C=O) groups is 1. The maximum Gasteiger partial charge on any atom is 0.219 e. The van der Waals surface area contributed by atoms with Gasteiger partial charge in [0.2, 0.25) is 5.91 Å². The number of carbonyl (C=O) groups excluding carboxylic acids is 1. The fraction of sp³-hybridized carbons (Fsp3) is 0.923. The summed E-state index contributed by atoms with van der Waals surface area (Å²) in [4.78, 5) is 13.6. The molecule has 0 saturated carbocycles. The molecule has 3 heteroatoms. The van der Waals surface area contributed by atoms with Crippen molar-refractivity contribution in [3.05, 3.63) is 0 Å². The van der Waals surface area contributed by atoms with Gasteiger partial charge < -0.3 is 10.2 Å². The Balaban J connectivity index is 2.10. The minimum absolute atomic E-state index is 0.180. The smallest absolute Gasteiger partial charge is 0.219 e. The zero-order chi connectivity index (χ0) is 12.0. The molecular formula is C13H26N2O. The van der Waals surface area contributed by atoms with E-state index >= 15 is 0 Å². The quantitative estimate of drug-likeness (QED) is 0.778. The van der Waals surface area contributed by atoms with Gasteiger partial charge in [0, 0.05) is 19.0 Å². The Kier molecular flexibility index (Phi) is 5.81. The number of piperidine rings is 1. The molecule has 0 aromatic carbocycles. The molecule has 1 rings (SSSR count). The molecule has 1 heterocycles. The van der Waals surface area contributed by atoms with Gasteiger partial charge in [-0.15, -0.1) is 0 Å². The molecule has 0 bridgehead atoms. The van der Waals surface area contributed by atoms with Gasteiger partial charge in [-0.2, -0.15) is 0 Å². The Morgan fingerprint density at radius 2 is 2.00 bits per heavy atom. The monoisotopic (exact) mass is 226 g/mol. The van der Waals surface area contributed by atoms with E-state index in [4.69, 9.17) is 0 Å². The molecule has 1 aliphatic rings. The molecule has 0 radical (unpaired) electrons. The van der Waals surface area contributed by atoms with E-state index in [-0.39, 0.29) is 5.91 Å². The first kappa shape index (κ1) is 13.5. The lowest BCUT2D eigenvalue weighted by Crippen LogP contribution is -2.39. The zero-order valence-corrected chi connectivity index (χ0v) is 11.0. The van der Waals surface area contributed by atoms with Crippen LogP contribution in [0.3, 0.4) is 0 Å². The third-order valence-corrected chi connectivity index (χ3v) is 3.58. The molecule has 3 nitrogen and oxygen atoms in total. The molecule has 0 unspecified atom stereocenters. The molecular weight excluding hydrogens is 200 g/mol. The van der Waals surface area contributed by atoms with Gasteiger partial charge in [0.05, 0.1) is 0 Å². The molecule has 1 aliphatic heterocycles. The van der Waals surface area contributed by atoms with Gasteiger partial charge in [-0.25, -0.2) is 0 Å². The molecule has 1 fully saturated rings. The number of rotatable bonds is 5. The van der Waals surface area contributed by atoms with Crippen molar-refractivity contribution in [3.8, 4) is 0 Å². The van der Waals surface area contributed by atoms with E-state index < -0.39 is 0 Å². The van der Waals surface area contributed by atoms with E-state index in [1.807, 2.05) is 6.92 Å². The predicted octanol–water partition coefficient (Wildman–Crippen LogP) is 2.02. The van der Waals surface area contributed by atoms with Crippen molar-refractivity contribution in [2.75, 3.05) is 19.6 Å². The SMILES string of the molecule is CCC(=O)NCCC1CCN(C(C)C)CC1. The van der Waals surface area contributed by atoms with Crippen LogP contribution in [0.25, 0.3) is 0 Å². The van der Waals surface area contributed by atoms with E-state index in [1.165, 1.54) is 25.9 Å². The largest absolute Gasteiger partial charge is 0.356 e. The molecule has 94 valence electrons. The number of hydrogen-bond donors (Lipinski definition) is 1. The molecule has 1 amide bonds. The summed E-state index contributed by atoms with van der Waals surface area (Å²) in [6.45, 7) is 9.74. The van der Waals surface area contributed by atoms with Crippen molar-refractivity contribution in [1.29, 1.82) is 0 Å². The highest BCUT2D eigenvalue weighted by molar-refractivity contribution is 5.75. The second-order valence-electron chi connectivity index (χ2n) is 5.07. The maximum atomic E-state index is 11.1. The number of amides is 1. The predicted molar refractivity (Wildman–Crippen MR) is 67.4 cm³/mol. The van der Waals surface area contributed by atoms with Crippen molar-refractivity contribution in [2.24, 2.45) is 5.92 Å². The van der Waals surface area contributed by atoms with Crippen LogP contribution in [0.15, 0.2) is 0 Å². The van der Waals surface area contributed by atoms with Gasteiger partial charge in [0.25, 0.3) is 0 Å². The van der Waals surface area contributed by atoms with Gasteiger partial charge in [0.1, 0.15) is 0 Å². The Morgan fingerprint density at radius 3 is 2.50 bits per heavy atom. The van der Waals surface area contributed by atoms with Crippen molar-refractivity contribution in [1.82, 2.24) is 10.2 Å². The van der Waals surface area contributed by atoms with Crippen LogP contribution in [0, 0.1) is 5.92 Å². The second kappa shape index (κ2) is 6.89. The maximum absolute atomic E-state index is 11.1. The summed E-state index contributed by atoms with van der Waals surface area (Å²) >= 11 is 0. The Labute approximate surface area is 99.6 Å². The average molecular weight is 226 g/mol. The molecule has 0 spiro atoms. The topological polar surface area (TPSA) is 32.3 Å². The van der Waals surface area contributed by atoms with Crippen LogP contribution in [0.2, 0.25) is 0 Å². The van der Waals surface area contributed by atoms with E-state index in [1.54, 1.807) is 0 Å². The number of nitrogens with zero attached hydrogens (tertiary/aromatic N) is 1. The highest BCUT2D eigenvalue weighted by Crippen LogP contribution is 2.21. The lowest BCUT2D eigenvalue weighted by atomic mass is 9.93. The first-order valence-electron chi connectivity index (χ1n) is 6.64. The van der Waals surface area contributed by atoms with E-state index in [0.29, 0.717) is 12.5 Å². The van der Waals surface area contributed by atoms with Crippen molar-refractivity contribution >= 4 is 5.91 Å². The Morgan fingerprint density at radius 1 is 1.38 bits per heavy atom. The van der Waals surface area contributed by atoms with Crippen LogP contribution in [0.1, 0.15) is 46.5 Å². The fourth-order valence-corrected chi connectivity index (χ4v) is 2.30. The number of likely N-dealkylation sites (tertiary alicyclic amines) is 1. The molecule has 0 atom stereocenters. The molecule has 0 aromatic heterocycles. The Hall–Kier alpha value is -0.570. The van der Waals surface area contributed by atoms with Gasteiger partial charge in [-0.3, -0.25) is 4.79 Å². The van der Waals surface area contributed by atoms with Crippen LogP contribution in [-0.4, -0.2) is 36.5 Å². The van der Waals surface area contributed by atoms with E-state index in [2.05, 4.69) is 24.1 Å². The average Bonchev–Trinajstić information content (AvgIpc) is 2.29. The van der Waals surface area contributed by atoms with Crippen LogP contribution < -0.4 is 5.32 Å². The van der Waals surface area contributed by atoms with Crippen LogP contribution in [-0.2, 0) is 4.79 Å². The standard InChI is InChI=1S/C13H26N2O/c1-4-13(16)14-8-5-12-6-9-15(10-7-12)11(2)3/h11-12H,4-10H2,1-3H3,(H,14,16). The van der Waals surface area contributed by atoms with Gasteiger partial charge in [-0.1, -0.05) is 6.92 Å². The number of nitrogens with one attached hydrogen (secondary N) is 1. The third-order valence-electron chi connectivity index (χ3n) is 3.58. The third kappa shape index (κ3) is 4.52. The molecule has 0 aliphatic carbocycles. The van der Waals surface area contributed by atoms with Crippen LogP contribution in [0.5, 0.6) is 0 Å². The summed E-state index contributed by atoms with van der Waals surface area (Å²) < 4.78 is 0. The lowest BCUT2D eigenvalue weighted by molar-refractivity contribution is -0.120. The van der Waals surface area contributed by atoms with Gasteiger partial charge >= 0.3 is 0 Å². The van der Waals surface area contributed by atoms with Crippen molar-refractivity contribution < 1.29 is 4.79 Å².